The smallest absolute Gasteiger partial charge is 0.350 e. The van der Waals surface area contributed by atoms with E-state index in [-0.39, 0.29) is 11.5 Å². The molecule has 0 heterocycles. The Morgan fingerprint density at radius 1 is 0.595 bits per heavy atom. The molecular formula is C21H12N4O12. The highest BCUT2D eigenvalue weighted by Crippen LogP contribution is 2.30. The molecular weight excluding hydrogens is 500 g/mol. The first-order valence-electron chi connectivity index (χ1n) is 9.79. The summed E-state index contributed by atoms with van der Waals surface area (Å²) >= 11 is 0. The van der Waals surface area contributed by atoms with Crippen molar-refractivity contribution in [2.24, 2.45) is 0 Å². The number of hydrogen-bond donors (Lipinski definition) is 0. The lowest BCUT2D eigenvalue weighted by molar-refractivity contribution is -0.394. The van der Waals surface area contributed by atoms with E-state index >= 15 is 0 Å². The van der Waals surface area contributed by atoms with Crippen LogP contribution in [0.4, 0.5) is 22.7 Å². The van der Waals surface area contributed by atoms with E-state index in [1.54, 1.807) is 0 Å². The maximum Gasteiger partial charge on any atom is 0.350 e. The Balaban J connectivity index is 1.89. The Morgan fingerprint density at radius 2 is 0.973 bits per heavy atom. The normalized spacial score (nSPS) is 10.3. The number of rotatable bonds is 8. The van der Waals surface area contributed by atoms with Crippen LogP contribution in [0.3, 0.4) is 0 Å². The van der Waals surface area contributed by atoms with Gasteiger partial charge in [0.2, 0.25) is 0 Å². The molecule has 3 aromatic carbocycles. The minimum atomic E-state index is -1.24. The van der Waals surface area contributed by atoms with Gasteiger partial charge in [-0.3, -0.25) is 40.5 Å². The molecule has 0 radical (unpaired) electrons. The molecule has 0 atom stereocenters. The monoisotopic (exact) mass is 512 g/mol. The average molecular weight is 512 g/mol. The number of carbonyl (C=O) groups is 2. The maximum atomic E-state index is 12.6. The second-order valence-electron chi connectivity index (χ2n) is 7.19. The highest BCUT2D eigenvalue weighted by Gasteiger charge is 2.27. The van der Waals surface area contributed by atoms with Crippen molar-refractivity contribution >= 4 is 34.7 Å². The van der Waals surface area contributed by atoms with E-state index in [0.29, 0.717) is 17.7 Å². The van der Waals surface area contributed by atoms with E-state index in [1.165, 1.54) is 19.1 Å². The predicted molar refractivity (Wildman–Crippen MR) is 121 cm³/mol. The number of nitro groups is 4. The second-order valence-corrected chi connectivity index (χ2v) is 7.19. The molecule has 16 heteroatoms. The number of esters is 2. The fourth-order valence-electron chi connectivity index (χ4n) is 3.07. The molecule has 0 fully saturated rings. The van der Waals surface area contributed by atoms with Crippen molar-refractivity contribution in [1.82, 2.24) is 0 Å². The molecule has 0 saturated carbocycles. The van der Waals surface area contributed by atoms with Crippen molar-refractivity contribution in [1.29, 1.82) is 0 Å². The Hall–Kier alpha value is -5.80. The van der Waals surface area contributed by atoms with E-state index in [4.69, 9.17) is 9.47 Å². The molecule has 37 heavy (non-hydrogen) atoms. The Morgan fingerprint density at radius 3 is 1.30 bits per heavy atom. The van der Waals surface area contributed by atoms with Gasteiger partial charge in [0.05, 0.1) is 31.8 Å². The van der Waals surface area contributed by atoms with Crippen molar-refractivity contribution in [2.45, 2.75) is 6.92 Å². The van der Waals surface area contributed by atoms with Gasteiger partial charge in [-0.15, -0.1) is 0 Å². The minimum absolute atomic E-state index is 0.237. The van der Waals surface area contributed by atoms with Crippen LogP contribution in [-0.4, -0.2) is 31.6 Å². The zero-order valence-electron chi connectivity index (χ0n) is 18.4. The molecule has 3 aromatic rings. The first kappa shape index (κ1) is 25.8. The van der Waals surface area contributed by atoms with Gasteiger partial charge in [-0.05, 0) is 36.8 Å². The number of hydrogen-bond acceptors (Lipinski definition) is 12. The van der Waals surface area contributed by atoms with Crippen LogP contribution in [-0.2, 0) is 0 Å². The third-order valence-electron chi connectivity index (χ3n) is 4.66. The Bertz CT molecular complexity index is 1390. The van der Waals surface area contributed by atoms with Crippen LogP contribution in [0.5, 0.6) is 11.5 Å². The second kappa shape index (κ2) is 10.2. The summed E-state index contributed by atoms with van der Waals surface area (Å²) in [6.07, 6.45) is 0. The van der Waals surface area contributed by atoms with Crippen molar-refractivity contribution < 1.29 is 38.8 Å². The molecule has 0 saturated heterocycles. The molecule has 16 nitrogen and oxygen atoms in total. The molecule has 0 bridgehead atoms. The van der Waals surface area contributed by atoms with Gasteiger partial charge < -0.3 is 9.47 Å². The summed E-state index contributed by atoms with van der Waals surface area (Å²) in [5.41, 5.74) is -3.77. The van der Waals surface area contributed by atoms with Crippen LogP contribution in [0, 0.1) is 47.4 Å². The molecule has 0 aliphatic heterocycles. The van der Waals surface area contributed by atoms with Crippen LogP contribution in [0.1, 0.15) is 26.3 Å². The fourth-order valence-corrected chi connectivity index (χ4v) is 3.07. The van der Waals surface area contributed by atoms with Gasteiger partial charge in [0.25, 0.3) is 22.7 Å². The standard InChI is InChI=1S/C21H12N4O12/c1-11-6-14(36-20(26)16-4-2-12(22(28)29)8-18(16)24(32)33)10-15(7-11)37-21(27)17-5-3-13(23(30)31)9-19(17)25(34)35/h2-10H,1H3. The highest BCUT2D eigenvalue weighted by atomic mass is 16.6. The fraction of sp³-hybridized carbons (Fsp3) is 0.0476. The van der Waals surface area contributed by atoms with Crippen molar-refractivity contribution in [3.05, 3.63) is 112 Å². The molecule has 0 N–H and O–H groups in total. The largest absolute Gasteiger partial charge is 0.423 e. The van der Waals surface area contributed by atoms with E-state index in [1.807, 2.05) is 0 Å². The van der Waals surface area contributed by atoms with Crippen LogP contribution in [0.15, 0.2) is 54.6 Å². The number of nitrogens with zero attached hydrogens (tertiary/aromatic N) is 4. The van der Waals surface area contributed by atoms with E-state index in [9.17, 15) is 50.0 Å². The minimum Gasteiger partial charge on any atom is -0.423 e. The molecule has 188 valence electrons. The van der Waals surface area contributed by atoms with Gasteiger partial charge in [0.1, 0.15) is 22.6 Å². The zero-order chi connectivity index (χ0) is 27.4. The number of benzene rings is 3. The van der Waals surface area contributed by atoms with Gasteiger partial charge >= 0.3 is 11.9 Å². The molecule has 0 aromatic heterocycles. The van der Waals surface area contributed by atoms with Gasteiger partial charge in [-0.1, -0.05) is 0 Å². The lowest BCUT2D eigenvalue weighted by atomic mass is 10.1. The summed E-state index contributed by atoms with van der Waals surface area (Å²) in [6, 6.07) is 8.30. The summed E-state index contributed by atoms with van der Waals surface area (Å²) < 4.78 is 10.2. The van der Waals surface area contributed by atoms with Gasteiger partial charge in [-0.2, -0.15) is 0 Å². The molecule has 3 rings (SSSR count). The Kier molecular flexibility index (Phi) is 7.13. The maximum absolute atomic E-state index is 12.6. The third-order valence-corrected chi connectivity index (χ3v) is 4.66. The van der Waals surface area contributed by atoms with Gasteiger partial charge in [-0.25, -0.2) is 9.59 Å². The summed E-state index contributed by atoms with van der Waals surface area (Å²) in [4.78, 5) is 65.7. The van der Waals surface area contributed by atoms with Crippen LogP contribution < -0.4 is 9.47 Å². The summed E-state index contributed by atoms with van der Waals surface area (Å²) in [5.74, 6) is -2.96. The average Bonchev–Trinajstić information content (AvgIpc) is 2.82. The highest BCUT2D eigenvalue weighted by molar-refractivity contribution is 5.97. The molecule has 0 aliphatic carbocycles. The van der Waals surface area contributed by atoms with Crippen molar-refractivity contribution in [3.8, 4) is 11.5 Å². The van der Waals surface area contributed by atoms with Crippen LogP contribution in [0.2, 0.25) is 0 Å². The summed E-state index contributed by atoms with van der Waals surface area (Å²) in [6.45, 7) is 1.51. The van der Waals surface area contributed by atoms with E-state index in [0.717, 1.165) is 30.3 Å². The number of nitro benzene ring substituents is 4. The number of aryl methyl sites for hydroxylation is 1. The SMILES string of the molecule is Cc1cc(OC(=O)c2ccc([N+](=O)[O-])cc2[N+](=O)[O-])cc(OC(=O)c2ccc([N+](=O)[O-])cc2[N+](=O)[O-])c1. The summed E-state index contributed by atoms with van der Waals surface area (Å²) in [7, 11) is 0. The predicted octanol–water partition coefficient (Wildman–Crippen LogP) is 4.07. The lowest BCUT2D eigenvalue weighted by Crippen LogP contribution is -2.13. The molecule has 0 amide bonds. The van der Waals surface area contributed by atoms with Crippen molar-refractivity contribution in [3.63, 3.8) is 0 Å². The van der Waals surface area contributed by atoms with E-state index in [2.05, 4.69) is 0 Å². The molecule has 0 spiro atoms. The van der Waals surface area contributed by atoms with Crippen LogP contribution in [0.25, 0.3) is 0 Å². The molecule has 0 aliphatic rings. The van der Waals surface area contributed by atoms with Crippen LogP contribution >= 0.6 is 0 Å². The number of non-ortho nitro benzene ring substituents is 2. The Labute approximate surface area is 204 Å². The van der Waals surface area contributed by atoms with Crippen molar-refractivity contribution in [2.75, 3.05) is 0 Å². The lowest BCUT2D eigenvalue weighted by Gasteiger charge is -2.10. The third kappa shape index (κ3) is 5.83. The van der Waals surface area contributed by atoms with E-state index < -0.39 is 65.5 Å². The first-order chi connectivity index (χ1) is 17.4. The van der Waals surface area contributed by atoms with Gasteiger partial charge in [0, 0.05) is 18.2 Å². The zero-order valence-corrected chi connectivity index (χ0v) is 18.4. The number of carbonyl (C=O) groups excluding carboxylic acids is 2. The number of ether oxygens (including phenoxy) is 2. The molecule has 0 unspecified atom stereocenters. The summed E-state index contributed by atoms with van der Waals surface area (Å²) in [5, 5.41) is 44.3. The quantitative estimate of drug-likeness (QED) is 0.180. The topological polar surface area (TPSA) is 225 Å². The first-order valence-corrected chi connectivity index (χ1v) is 9.79. The van der Waals surface area contributed by atoms with Gasteiger partial charge in [0.15, 0.2) is 0 Å².